The summed E-state index contributed by atoms with van der Waals surface area (Å²) in [6, 6.07) is 0. The van der Waals surface area contributed by atoms with Crippen molar-refractivity contribution in [1.82, 2.24) is 0 Å². The van der Waals surface area contributed by atoms with Crippen LogP contribution < -0.4 is 0 Å². The van der Waals surface area contributed by atoms with Crippen molar-refractivity contribution in [3.8, 4) is 0 Å². The second-order valence-corrected chi connectivity index (χ2v) is 7.25. The number of methoxy groups -OCH3 is 1. The average Bonchev–Trinajstić information content (AvgIpc) is 2.51. The van der Waals surface area contributed by atoms with Gasteiger partial charge in [-0.3, -0.25) is 9.59 Å². The highest BCUT2D eigenvalue weighted by atomic mass is 32.2. The average molecular weight is 348 g/mol. The summed E-state index contributed by atoms with van der Waals surface area (Å²) in [6.07, 6.45) is 2.41. The monoisotopic (exact) mass is 348 g/mol. The van der Waals surface area contributed by atoms with E-state index in [-0.39, 0.29) is 30.9 Å². The Morgan fingerprint density at radius 2 is 1.96 bits per heavy atom. The first kappa shape index (κ1) is 20.3. The van der Waals surface area contributed by atoms with Gasteiger partial charge in [0.1, 0.15) is 5.25 Å². The van der Waals surface area contributed by atoms with Crippen LogP contribution in [0.2, 0.25) is 0 Å². The molecule has 1 aliphatic heterocycles. The first-order valence-corrected chi connectivity index (χ1v) is 9.24. The molecule has 1 heterocycles. The second kappa shape index (κ2) is 10.9. The number of ether oxygens (including phenoxy) is 2. The number of aliphatic hydroxyl groups excluding tert-OH is 2. The highest BCUT2D eigenvalue weighted by molar-refractivity contribution is 8.00. The molecule has 1 aliphatic rings. The molecule has 4 atom stereocenters. The predicted molar refractivity (Wildman–Crippen MR) is 88.1 cm³/mol. The number of aliphatic hydroxyl groups is 2. The van der Waals surface area contributed by atoms with E-state index in [0.29, 0.717) is 12.2 Å². The van der Waals surface area contributed by atoms with Crippen molar-refractivity contribution in [3.05, 3.63) is 0 Å². The summed E-state index contributed by atoms with van der Waals surface area (Å²) in [5.41, 5.74) is 0. The summed E-state index contributed by atoms with van der Waals surface area (Å²) >= 11 is 1.26. The molecule has 0 aromatic carbocycles. The van der Waals surface area contributed by atoms with E-state index in [1.54, 1.807) is 0 Å². The zero-order valence-corrected chi connectivity index (χ0v) is 14.7. The van der Waals surface area contributed by atoms with Crippen molar-refractivity contribution in [2.75, 3.05) is 12.9 Å². The van der Waals surface area contributed by atoms with E-state index < -0.39 is 17.5 Å². The van der Waals surface area contributed by atoms with Crippen LogP contribution in [0.5, 0.6) is 0 Å². The minimum atomic E-state index is -0.965. The van der Waals surface area contributed by atoms with E-state index in [4.69, 9.17) is 4.74 Å². The molecule has 0 spiro atoms. The number of rotatable bonds is 4. The van der Waals surface area contributed by atoms with Gasteiger partial charge in [-0.25, -0.2) is 0 Å². The van der Waals surface area contributed by atoms with Gasteiger partial charge in [0.15, 0.2) is 0 Å². The smallest absolute Gasteiger partial charge is 0.319 e. The van der Waals surface area contributed by atoms with Gasteiger partial charge in [0.05, 0.1) is 31.8 Å². The highest BCUT2D eigenvalue weighted by Crippen LogP contribution is 2.24. The Kier molecular flexibility index (Phi) is 9.59. The molecule has 0 aromatic heterocycles. The van der Waals surface area contributed by atoms with Crippen LogP contribution in [-0.4, -0.2) is 58.6 Å². The summed E-state index contributed by atoms with van der Waals surface area (Å²) in [4.78, 5) is 23.5. The van der Waals surface area contributed by atoms with Crippen molar-refractivity contribution in [2.45, 2.75) is 75.4 Å². The van der Waals surface area contributed by atoms with Gasteiger partial charge >= 0.3 is 11.9 Å². The minimum absolute atomic E-state index is 0.124. The maximum Gasteiger partial charge on any atom is 0.319 e. The summed E-state index contributed by atoms with van der Waals surface area (Å²) < 4.78 is 10.0. The number of carbonyl (C=O) groups is 2. The van der Waals surface area contributed by atoms with Crippen LogP contribution in [0.3, 0.4) is 0 Å². The Morgan fingerprint density at radius 3 is 2.65 bits per heavy atom. The number of hydrogen-bond donors (Lipinski definition) is 2. The molecule has 134 valence electrons. The Hall–Kier alpha value is -0.790. The quantitative estimate of drug-likeness (QED) is 0.746. The molecule has 0 unspecified atom stereocenters. The van der Waals surface area contributed by atoms with E-state index in [2.05, 4.69) is 4.74 Å². The van der Waals surface area contributed by atoms with Crippen LogP contribution >= 0.6 is 11.8 Å². The molecule has 0 radical (unpaired) electrons. The molecular formula is C16H28O6S. The molecule has 6 nitrogen and oxygen atoms in total. The molecule has 0 aromatic rings. The number of cyclic esters (lactones) is 1. The van der Waals surface area contributed by atoms with Crippen molar-refractivity contribution in [1.29, 1.82) is 0 Å². The SMILES string of the molecule is COC(=O)CCS[C@H]1C[C@@H](O)[C@@H](O)CCCCC[C@@H](C)OC1=O. The van der Waals surface area contributed by atoms with Crippen molar-refractivity contribution in [3.63, 3.8) is 0 Å². The van der Waals surface area contributed by atoms with Gasteiger partial charge in [-0.05, 0) is 32.6 Å². The third-order valence-electron chi connectivity index (χ3n) is 3.94. The number of thioether (sulfide) groups is 1. The first-order valence-electron chi connectivity index (χ1n) is 8.19. The van der Waals surface area contributed by atoms with Gasteiger partial charge in [0, 0.05) is 5.75 Å². The fraction of sp³-hybridized carbons (Fsp3) is 0.875. The first-order chi connectivity index (χ1) is 10.9. The lowest BCUT2D eigenvalue weighted by Gasteiger charge is -2.25. The van der Waals surface area contributed by atoms with Gasteiger partial charge < -0.3 is 19.7 Å². The molecule has 1 rings (SSSR count). The summed E-state index contributed by atoms with van der Waals surface area (Å²) in [7, 11) is 1.32. The second-order valence-electron chi connectivity index (χ2n) is 5.94. The van der Waals surface area contributed by atoms with Crippen LogP contribution in [0.15, 0.2) is 0 Å². The van der Waals surface area contributed by atoms with Crippen LogP contribution in [0, 0.1) is 0 Å². The Bertz CT molecular complexity index is 376. The maximum absolute atomic E-state index is 12.3. The number of esters is 2. The maximum atomic E-state index is 12.3. The van der Waals surface area contributed by atoms with Gasteiger partial charge in [0.25, 0.3) is 0 Å². The van der Waals surface area contributed by atoms with E-state index in [1.165, 1.54) is 18.9 Å². The molecule has 7 heteroatoms. The number of carbonyl (C=O) groups excluding carboxylic acids is 2. The lowest BCUT2D eigenvalue weighted by atomic mass is 10.0. The standard InChI is InChI=1S/C16H28O6S/c1-11-6-4-3-5-7-12(17)13(18)10-14(16(20)22-11)23-9-8-15(19)21-2/h11-14,17-18H,3-10H2,1-2H3/t11-,12+,13-,14+/m1/s1. The van der Waals surface area contributed by atoms with Crippen LogP contribution in [0.1, 0.15) is 51.9 Å². The summed E-state index contributed by atoms with van der Waals surface area (Å²) in [6.45, 7) is 1.87. The summed E-state index contributed by atoms with van der Waals surface area (Å²) in [5, 5.41) is 19.5. The van der Waals surface area contributed by atoms with Gasteiger partial charge in [-0.2, -0.15) is 0 Å². The minimum Gasteiger partial charge on any atom is -0.469 e. The van der Waals surface area contributed by atoms with Crippen molar-refractivity contribution in [2.24, 2.45) is 0 Å². The summed E-state index contributed by atoms with van der Waals surface area (Å²) in [5.74, 6) is -0.323. The third kappa shape index (κ3) is 8.04. The van der Waals surface area contributed by atoms with Crippen molar-refractivity contribution >= 4 is 23.7 Å². The zero-order chi connectivity index (χ0) is 17.2. The Morgan fingerprint density at radius 1 is 1.26 bits per heavy atom. The predicted octanol–water partition coefficient (Wildman–Crippen LogP) is 1.66. The molecule has 1 saturated heterocycles. The van der Waals surface area contributed by atoms with E-state index in [1.807, 2.05) is 6.92 Å². The van der Waals surface area contributed by atoms with Gasteiger partial charge in [-0.15, -0.1) is 11.8 Å². The van der Waals surface area contributed by atoms with Gasteiger partial charge in [0.2, 0.25) is 0 Å². The largest absolute Gasteiger partial charge is 0.469 e. The van der Waals surface area contributed by atoms with Crippen LogP contribution in [-0.2, 0) is 19.1 Å². The molecule has 2 N–H and O–H groups in total. The van der Waals surface area contributed by atoms with Crippen molar-refractivity contribution < 1.29 is 29.3 Å². The lowest BCUT2D eigenvalue weighted by molar-refractivity contribution is -0.149. The molecule has 0 saturated carbocycles. The fourth-order valence-corrected chi connectivity index (χ4v) is 3.58. The molecule has 0 bridgehead atoms. The molecule has 23 heavy (non-hydrogen) atoms. The van der Waals surface area contributed by atoms with E-state index in [0.717, 1.165) is 25.7 Å². The lowest BCUT2D eigenvalue weighted by Crippen LogP contribution is -2.34. The molecule has 1 fully saturated rings. The van der Waals surface area contributed by atoms with E-state index in [9.17, 15) is 19.8 Å². The van der Waals surface area contributed by atoms with E-state index >= 15 is 0 Å². The highest BCUT2D eigenvalue weighted by Gasteiger charge is 2.29. The molecule has 0 amide bonds. The normalized spacial score (nSPS) is 30.7. The molecular weight excluding hydrogens is 320 g/mol. The topological polar surface area (TPSA) is 93.1 Å². The fourth-order valence-electron chi connectivity index (χ4n) is 2.48. The Labute approximate surface area is 141 Å². The zero-order valence-electron chi connectivity index (χ0n) is 13.9. The van der Waals surface area contributed by atoms with Gasteiger partial charge in [-0.1, -0.05) is 12.8 Å². The molecule has 0 aliphatic carbocycles. The third-order valence-corrected chi connectivity index (χ3v) is 5.17. The van der Waals surface area contributed by atoms with Crippen LogP contribution in [0.25, 0.3) is 0 Å². The number of hydrogen-bond acceptors (Lipinski definition) is 7. The van der Waals surface area contributed by atoms with Crippen LogP contribution in [0.4, 0.5) is 0 Å². The Balaban J connectivity index is 2.65.